The lowest BCUT2D eigenvalue weighted by atomic mass is 9.90. The van der Waals surface area contributed by atoms with Gasteiger partial charge in [-0.3, -0.25) is 0 Å². The summed E-state index contributed by atoms with van der Waals surface area (Å²) < 4.78 is 0. The van der Waals surface area contributed by atoms with Gasteiger partial charge in [-0.15, -0.1) is 0 Å². The maximum absolute atomic E-state index is 9.34. The molecule has 0 radical (unpaired) electrons. The van der Waals surface area contributed by atoms with E-state index in [0.29, 0.717) is 5.71 Å². The van der Waals surface area contributed by atoms with E-state index in [-0.39, 0.29) is 0 Å². The number of hydrogen-bond acceptors (Lipinski definition) is 2. The SMILES string of the molecule is Cc1ccc(C(=N)C(C#N)c2ccc(C)cc2)cc1. The van der Waals surface area contributed by atoms with Gasteiger partial charge in [0.1, 0.15) is 5.92 Å². The first-order valence-electron chi connectivity index (χ1n) is 6.23. The number of aryl methyl sites for hydroxylation is 2. The average Bonchev–Trinajstić information content (AvgIpc) is 2.42. The summed E-state index contributed by atoms with van der Waals surface area (Å²) in [5.74, 6) is -0.511. The predicted octanol–water partition coefficient (Wildman–Crippen LogP) is 3.98. The predicted molar refractivity (Wildman–Crippen MR) is 77.5 cm³/mol. The highest BCUT2D eigenvalue weighted by atomic mass is 14.5. The van der Waals surface area contributed by atoms with Gasteiger partial charge in [-0.1, -0.05) is 59.7 Å². The molecule has 2 heteroatoms. The molecule has 19 heavy (non-hydrogen) atoms. The molecule has 2 nitrogen and oxygen atoms in total. The van der Waals surface area contributed by atoms with Crippen molar-refractivity contribution in [2.24, 2.45) is 0 Å². The molecule has 0 aliphatic carbocycles. The third-order valence-corrected chi connectivity index (χ3v) is 3.19. The van der Waals surface area contributed by atoms with Crippen LogP contribution in [0.5, 0.6) is 0 Å². The first-order chi connectivity index (χ1) is 9.11. The van der Waals surface area contributed by atoms with E-state index in [0.717, 1.165) is 22.3 Å². The van der Waals surface area contributed by atoms with Crippen molar-refractivity contribution in [3.05, 3.63) is 70.8 Å². The van der Waals surface area contributed by atoms with Gasteiger partial charge in [0.2, 0.25) is 0 Å². The Morgan fingerprint density at radius 2 is 1.42 bits per heavy atom. The summed E-state index contributed by atoms with van der Waals surface area (Å²) in [6.07, 6.45) is 0. The van der Waals surface area contributed by atoms with E-state index in [1.165, 1.54) is 0 Å². The molecule has 0 saturated heterocycles. The highest BCUT2D eigenvalue weighted by Gasteiger charge is 2.17. The van der Waals surface area contributed by atoms with Gasteiger partial charge in [0.25, 0.3) is 0 Å². The van der Waals surface area contributed by atoms with E-state index in [4.69, 9.17) is 5.41 Å². The monoisotopic (exact) mass is 248 g/mol. The van der Waals surface area contributed by atoms with Crippen LogP contribution in [0.4, 0.5) is 0 Å². The zero-order valence-corrected chi connectivity index (χ0v) is 11.1. The van der Waals surface area contributed by atoms with Crippen LogP contribution in [0.1, 0.15) is 28.2 Å². The fourth-order valence-electron chi connectivity index (χ4n) is 1.96. The van der Waals surface area contributed by atoms with Crippen molar-refractivity contribution in [2.75, 3.05) is 0 Å². The van der Waals surface area contributed by atoms with Crippen LogP contribution in [-0.2, 0) is 0 Å². The maximum Gasteiger partial charge on any atom is 0.113 e. The van der Waals surface area contributed by atoms with E-state index in [1.54, 1.807) is 0 Å². The van der Waals surface area contributed by atoms with Crippen molar-refractivity contribution < 1.29 is 0 Å². The van der Waals surface area contributed by atoms with Gasteiger partial charge >= 0.3 is 0 Å². The largest absolute Gasteiger partial charge is 0.303 e. The Kier molecular flexibility index (Phi) is 3.77. The topological polar surface area (TPSA) is 47.6 Å². The van der Waals surface area contributed by atoms with Gasteiger partial charge < -0.3 is 5.41 Å². The highest BCUT2D eigenvalue weighted by Crippen LogP contribution is 2.21. The summed E-state index contributed by atoms with van der Waals surface area (Å²) in [6, 6.07) is 17.7. The van der Waals surface area contributed by atoms with Gasteiger partial charge in [-0.05, 0) is 25.0 Å². The fourth-order valence-corrected chi connectivity index (χ4v) is 1.96. The molecule has 94 valence electrons. The van der Waals surface area contributed by atoms with Crippen molar-refractivity contribution in [3.63, 3.8) is 0 Å². The normalized spacial score (nSPS) is 11.6. The molecule has 1 unspecified atom stereocenters. The third-order valence-electron chi connectivity index (χ3n) is 3.19. The van der Waals surface area contributed by atoms with Crippen LogP contribution in [0.3, 0.4) is 0 Å². The minimum absolute atomic E-state index is 0.353. The molecule has 0 saturated carbocycles. The Balaban J connectivity index is 2.32. The molecule has 1 atom stereocenters. The third kappa shape index (κ3) is 2.89. The molecule has 0 aliphatic heterocycles. The van der Waals surface area contributed by atoms with Crippen LogP contribution < -0.4 is 0 Å². The standard InChI is InChI=1S/C17H16N2/c1-12-3-7-14(8-4-12)16(11-18)17(19)15-9-5-13(2)6-10-15/h3-10,16,19H,1-2H3. The number of nitrogens with one attached hydrogen (secondary N) is 1. The van der Waals surface area contributed by atoms with Gasteiger partial charge in [0.15, 0.2) is 0 Å². The smallest absolute Gasteiger partial charge is 0.113 e. The highest BCUT2D eigenvalue weighted by molar-refractivity contribution is 6.04. The Morgan fingerprint density at radius 1 is 0.947 bits per heavy atom. The van der Waals surface area contributed by atoms with E-state index in [2.05, 4.69) is 6.07 Å². The first kappa shape index (κ1) is 13.0. The molecule has 0 fully saturated rings. The lowest BCUT2D eigenvalue weighted by molar-refractivity contribution is 1.12. The fraction of sp³-hybridized carbons (Fsp3) is 0.176. The molecule has 1 N–H and O–H groups in total. The number of rotatable bonds is 3. The Morgan fingerprint density at radius 3 is 1.89 bits per heavy atom. The summed E-state index contributed by atoms with van der Waals surface area (Å²) in [6.45, 7) is 4.02. The van der Waals surface area contributed by atoms with Crippen LogP contribution in [0, 0.1) is 30.6 Å². The molecule has 2 rings (SSSR count). The molecule has 2 aromatic carbocycles. The van der Waals surface area contributed by atoms with E-state index in [1.807, 2.05) is 62.4 Å². The van der Waals surface area contributed by atoms with Crippen molar-refractivity contribution in [1.29, 1.82) is 10.7 Å². The second-order valence-corrected chi connectivity index (χ2v) is 4.75. The number of hydrogen-bond donors (Lipinski definition) is 1. The van der Waals surface area contributed by atoms with Crippen molar-refractivity contribution >= 4 is 5.71 Å². The Hall–Kier alpha value is -2.40. The number of benzene rings is 2. The summed E-state index contributed by atoms with van der Waals surface area (Å²) in [7, 11) is 0. The summed E-state index contributed by atoms with van der Waals surface area (Å²) in [4.78, 5) is 0. The van der Waals surface area contributed by atoms with Crippen LogP contribution in [-0.4, -0.2) is 5.71 Å². The zero-order valence-electron chi connectivity index (χ0n) is 11.1. The van der Waals surface area contributed by atoms with Crippen molar-refractivity contribution in [1.82, 2.24) is 0 Å². The molecule has 0 heterocycles. The number of nitrogens with zero attached hydrogens (tertiary/aromatic N) is 1. The Labute approximate surface area is 113 Å². The van der Waals surface area contributed by atoms with Crippen LogP contribution >= 0.6 is 0 Å². The maximum atomic E-state index is 9.34. The van der Waals surface area contributed by atoms with E-state index in [9.17, 15) is 5.26 Å². The van der Waals surface area contributed by atoms with Gasteiger partial charge in [0, 0.05) is 0 Å². The first-order valence-corrected chi connectivity index (χ1v) is 6.23. The lowest BCUT2D eigenvalue weighted by Crippen LogP contribution is -2.11. The molecular formula is C17H16N2. The van der Waals surface area contributed by atoms with Crippen molar-refractivity contribution in [2.45, 2.75) is 19.8 Å². The minimum Gasteiger partial charge on any atom is -0.303 e. The van der Waals surface area contributed by atoms with Crippen LogP contribution in [0.15, 0.2) is 48.5 Å². The lowest BCUT2D eigenvalue weighted by Gasteiger charge is -2.12. The molecule has 2 aromatic rings. The van der Waals surface area contributed by atoms with Gasteiger partial charge in [-0.25, -0.2) is 0 Å². The van der Waals surface area contributed by atoms with Gasteiger partial charge in [0.05, 0.1) is 11.8 Å². The quantitative estimate of drug-likeness (QED) is 0.820. The molecule has 0 spiro atoms. The molecule has 0 amide bonds. The summed E-state index contributed by atoms with van der Waals surface area (Å²) in [5.41, 5.74) is 4.34. The minimum atomic E-state index is -0.511. The second-order valence-electron chi connectivity index (χ2n) is 4.75. The molecule has 0 bridgehead atoms. The molecule has 0 aliphatic rings. The Bertz CT molecular complexity index is 616. The molecular weight excluding hydrogens is 232 g/mol. The zero-order chi connectivity index (χ0) is 13.8. The number of nitriles is 1. The second kappa shape index (κ2) is 5.49. The van der Waals surface area contributed by atoms with E-state index >= 15 is 0 Å². The average molecular weight is 248 g/mol. The van der Waals surface area contributed by atoms with Gasteiger partial charge in [-0.2, -0.15) is 5.26 Å². The van der Waals surface area contributed by atoms with E-state index < -0.39 is 5.92 Å². The summed E-state index contributed by atoms with van der Waals surface area (Å²) in [5, 5.41) is 17.6. The van der Waals surface area contributed by atoms with Crippen LogP contribution in [0.2, 0.25) is 0 Å². The van der Waals surface area contributed by atoms with Crippen LogP contribution in [0.25, 0.3) is 0 Å². The summed E-state index contributed by atoms with van der Waals surface area (Å²) >= 11 is 0. The van der Waals surface area contributed by atoms with Crippen molar-refractivity contribution in [3.8, 4) is 6.07 Å². The molecule has 0 aromatic heterocycles.